The van der Waals surface area contributed by atoms with Gasteiger partial charge in [-0.15, -0.1) is 0 Å². The Morgan fingerprint density at radius 1 is 0.812 bits per heavy atom. The lowest BCUT2D eigenvalue weighted by Gasteiger charge is -2.35. The summed E-state index contributed by atoms with van der Waals surface area (Å²) in [5.74, 6) is -0.915. The maximum absolute atomic E-state index is 14.7. The molecule has 4 aromatic carbocycles. The number of carbonyl (C=O) groups is 2. The van der Waals surface area contributed by atoms with E-state index in [0.717, 1.165) is 47.5 Å². The average Bonchev–Trinajstić information content (AvgIpc) is 3.08. The van der Waals surface area contributed by atoms with Crippen LogP contribution in [-0.2, 0) is 32.6 Å². The molecule has 0 heterocycles. The number of amides is 2. The Balaban J connectivity index is 1.59. The number of aryl methyl sites for hydroxylation is 1. The van der Waals surface area contributed by atoms with Crippen molar-refractivity contribution in [2.45, 2.75) is 69.0 Å². The third-order valence-corrected chi connectivity index (χ3v) is 11.6. The summed E-state index contributed by atoms with van der Waals surface area (Å²) in [4.78, 5) is 30.4. The SMILES string of the molecule is Cc1ccc(S(=O)(=O)N(CC(=O)N(Cc2ccccc2Cl)[C@@H](Cc2ccccc2)C(=O)NC2CCCCC2)c2cccc(Cl)c2Cl)cc1. The Kier molecular flexibility index (Phi) is 12.1. The van der Waals surface area contributed by atoms with Crippen molar-refractivity contribution >= 4 is 62.3 Å². The van der Waals surface area contributed by atoms with Crippen molar-refractivity contribution in [2.75, 3.05) is 10.8 Å². The fourth-order valence-corrected chi connectivity index (χ4v) is 8.01. The normalized spacial score (nSPS) is 14.2. The number of sulfonamides is 1. The van der Waals surface area contributed by atoms with Gasteiger partial charge in [0, 0.05) is 24.0 Å². The van der Waals surface area contributed by atoms with Crippen LogP contribution in [0.3, 0.4) is 0 Å². The molecule has 1 aliphatic rings. The molecule has 0 aliphatic heterocycles. The molecule has 0 spiro atoms. The Hall–Kier alpha value is -3.56. The Morgan fingerprint density at radius 2 is 1.46 bits per heavy atom. The van der Waals surface area contributed by atoms with E-state index >= 15 is 0 Å². The largest absolute Gasteiger partial charge is 0.352 e. The van der Waals surface area contributed by atoms with Crippen LogP contribution < -0.4 is 9.62 Å². The highest BCUT2D eigenvalue weighted by Crippen LogP contribution is 2.36. The van der Waals surface area contributed by atoms with Gasteiger partial charge in [-0.05, 0) is 61.2 Å². The van der Waals surface area contributed by atoms with E-state index in [1.807, 2.05) is 37.3 Å². The molecule has 4 aromatic rings. The lowest BCUT2D eigenvalue weighted by atomic mass is 9.94. The van der Waals surface area contributed by atoms with E-state index in [-0.39, 0.29) is 45.5 Å². The topological polar surface area (TPSA) is 86.8 Å². The Morgan fingerprint density at radius 3 is 2.15 bits per heavy atom. The van der Waals surface area contributed by atoms with Crippen LogP contribution in [0, 0.1) is 6.92 Å². The van der Waals surface area contributed by atoms with Crippen LogP contribution in [0.2, 0.25) is 15.1 Å². The molecule has 1 saturated carbocycles. The van der Waals surface area contributed by atoms with Crippen molar-refractivity contribution in [3.05, 3.63) is 129 Å². The van der Waals surface area contributed by atoms with Crippen LogP contribution in [0.4, 0.5) is 5.69 Å². The molecule has 1 atom stereocenters. The molecule has 0 saturated heterocycles. The van der Waals surface area contributed by atoms with Gasteiger partial charge in [0.15, 0.2) is 0 Å². The molecule has 1 fully saturated rings. The predicted molar refractivity (Wildman–Crippen MR) is 193 cm³/mol. The molecule has 1 aliphatic carbocycles. The first-order valence-electron chi connectivity index (χ1n) is 15.9. The first-order valence-corrected chi connectivity index (χ1v) is 18.5. The van der Waals surface area contributed by atoms with Crippen LogP contribution in [-0.4, -0.2) is 43.8 Å². The van der Waals surface area contributed by atoms with E-state index in [2.05, 4.69) is 5.32 Å². The highest BCUT2D eigenvalue weighted by atomic mass is 35.5. The lowest BCUT2D eigenvalue weighted by Crippen LogP contribution is -2.55. The zero-order chi connectivity index (χ0) is 34.3. The number of rotatable bonds is 12. The number of hydrogen-bond acceptors (Lipinski definition) is 4. The standard InChI is InChI=1S/C37H38Cl3N3O4S/c1-26-19-21-30(22-20-26)48(46,47)43(33-18-10-17-32(39)36(33)40)25-35(44)42(24-28-13-8-9-16-31(28)38)34(23-27-11-4-2-5-12-27)37(45)41-29-14-6-3-7-15-29/h2,4-5,8-13,16-22,29,34H,3,6-7,14-15,23-25H2,1H3,(H,41,45)/t34-/m0/s1. The van der Waals surface area contributed by atoms with Gasteiger partial charge < -0.3 is 10.2 Å². The lowest BCUT2D eigenvalue weighted by molar-refractivity contribution is -0.140. The van der Waals surface area contributed by atoms with E-state index < -0.39 is 28.5 Å². The Bertz CT molecular complexity index is 1830. The first-order chi connectivity index (χ1) is 23.0. The Labute approximate surface area is 297 Å². The molecule has 0 unspecified atom stereocenters. The zero-order valence-electron chi connectivity index (χ0n) is 26.6. The number of carbonyl (C=O) groups excluding carboxylic acids is 2. The van der Waals surface area contributed by atoms with Crippen molar-refractivity contribution in [3.8, 4) is 0 Å². The third-order valence-electron chi connectivity index (χ3n) is 8.61. The number of benzene rings is 4. The van der Waals surface area contributed by atoms with Crippen molar-refractivity contribution in [1.29, 1.82) is 0 Å². The molecule has 1 N–H and O–H groups in total. The number of nitrogens with zero attached hydrogens (tertiary/aromatic N) is 2. The molecule has 7 nitrogen and oxygen atoms in total. The van der Waals surface area contributed by atoms with Gasteiger partial charge in [-0.3, -0.25) is 13.9 Å². The van der Waals surface area contributed by atoms with Crippen molar-refractivity contribution in [1.82, 2.24) is 10.2 Å². The molecule has 252 valence electrons. The van der Waals surface area contributed by atoms with E-state index in [4.69, 9.17) is 34.8 Å². The summed E-state index contributed by atoms with van der Waals surface area (Å²) in [6.07, 6.45) is 5.08. The molecule has 0 aromatic heterocycles. The van der Waals surface area contributed by atoms with Gasteiger partial charge in [-0.25, -0.2) is 8.42 Å². The van der Waals surface area contributed by atoms with Crippen LogP contribution in [0.1, 0.15) is 48.8 Å². The van der Waals surface area contributed by atoms with Crippen molar-refractivity contribution < 1.29 is 18.0 Å². The van der Waals surface area contributed by atoms with E-state index in [1.165, 1.54) is 23.1 Å². The van der Waals surface area contributed by atoms with Crippen molar-refractivity contribution in [2.24, 2.45) is 0 Å². The van der Waals surface area contributed by atoms with Crippen LogP contribution in [0.25, 0.3) is 0 Å². The molecular weight excluding hydrogens is 689 g/mol. The highest BCUT2D eigenvalue weighted by molar-refractivity contribution is 7.92. The summed E-state index contributed by atoms with van der Waals surface area (Å²) in [7, 11) is -4.33. The minimum atomic E-state index is -4.33. The summed E-state index contributed by atoms with van der Waals surface area (Å²) >= 11 is 19.6. The van der Waals surface area contributed by atoms with Crippen LogP contribution in [0.15, 0.2) is 102 Å². The summed E-state index contributed by atoms with van der Waals surface area (Å²) in [5.41, 5.74) is 2.38. The third kappa shape index (κ3) is 8.72. The fraction of sp³-hybridized carbons (Fsp3) is 0.297. The van der Waals surface area contributed by atoms with E-state index in [0.29, 0.717) is 10.6 Å². The highest BCUT2D eigenvalue weighted by Gasteiger charge is 2.36. The van der Waals surface area contributed by atoms with E-state index in [9.17, 15) is 18.0 Å². The maximum Gasteiger partial charge on any atom is 0.264 e. The smallest absolute Gasteiger partial charge is 0.264 e. The van der Waals surface area contributed by atoms with Crippen molar-refractivity contribution in [3.63, 3.8) is 0 Å². The second kappa shape index (κ2) is 16.2. The van der Waals surface area contributed by atoms with Gasteiger partial charge in [0.2, 0.25) is 11.8 Å². The number of halogens is 3. The van der Waals surface area contributed by atoms with Gasteiger partial charge >= 0.3 is 0 Å². The average molecular weight is 727 g/mol. The minimum absolute atomic E-state index is 0.00882. The molecule has 2 amide bonds. The van der Waals surface area contributed by atoms with Crippen LogP contribution in [0.5, 0.6) is 0 Å². The summed E-state index contributed by atoms with van der Waals surface area (Å²) < 4.78 is 29.5. The van der Waals surface area contributed by atoms with Gasteiger partial charge in [0.25, 0.3) is 10.0 Å². The number of nitrogens with one attached hydrogen (secondary N) is 1. The molecule has 48 heavy (non-hydrogen) atoms. The summed E-state index contributed by atoms with van der Waals surface area (Å²) in [6.45, 7) is 1.17. The second-order valence-corrected chi connectivity index (χ2v) is 15.1. The summed E-state index contributed by atoms with van der Waals surface area (Å²) in [5, 5.41) is 3.74. The molecular formula is C37H38Cl3N3O4S. The second-order valence-electron chi connectivity index (χ2n) is 12.1. The van der Waals surface area contributed by atoms with Gasteiger partial charge in [0.05, 0.1) is 20.6 Å². The van der Waals surface area contributed by atoms with Gasteiger partial charge in [-0.1, -0.05) is 126 Å². The quantitative estimate of drug-likeness (QED) is 0.159. The zero-order valence-corrected chi connectivity index (χ0v) is 29.7. The summed E-state index contributed by atoms with van der Waals surface area (Å²) in [6, 6.07) is 26.5. The minimum Gasteiger partial charge on any atom is -0.352 e. The molecule has 0 radical (unpaired) electrons. The predicted octanol–water partition coefficient (Wildman–Crippen LogP) is 8.24. The molecule has 5 rings (SSSR count). The van der Waals surface area contributed by atoms with Crippen LogP contribution >= 0.6 is 34.8 Å². The molecule has 0 bridgehead atoms. The fourth-order valence-electron chi connectivity index (χ4n) is 5.94. The number of anilines is 1. The monoisotopic (exact) mass is 725 g/mol. The van der Waals surface area contributed by atoms with Gasteiger partial charge in [0.1, 0.15) is 12.6 Å². The maximum atomic E-state index is 14.7. The van der Waals surface area contributed by atoms with E-state index in [1.54, 1.807) is 48.5 Å². The first kappa shape index (κ1) is 35.7. The van der Waals surface area contributed by atoms with Gasteiger partial charge in [-0.2, -0.15) is 0 Å². The number of hydrogen-bond donors (Lipinski definition) is 1. The molecule has 11 heteroatoms.